The third-order valence-corrected chi connectivity index (χ3v) is 3.70. The largest absolute Gasteiger partial charge is 0.381 e. The van der Waals surface area contributed by atoms with Crippen LogP contribution >= 0.6 is 0 Å². The van der Waals surface area contributed by atoms with Gasteiger partial charge in [-0.25, -0.2) is 0 Å². The van der Waals surface area contributed by atoms with E-state index in [0.717, 1.165) is 32.5 Å². The van der Waals surface area contributed by atoms with E-state index in [4.69, 9.17) is 4.74 Å². The first kappa shape index (κ1) is 14.3. The molecule has 0 atom stereocenters. The van der Waals surface area contributed by atoms with Gasteiger partial charge in [0.15, 0.2) is 0 Å². The molecule has 1 aromatic heterocycles. The van der Waals surface area contributed by atoms with Gasteiger partial charge >= 0.3 is 0 Å². The van der Waals surface area contributed by atoms with Gasteiger partial charge in [-0.1, -0.05) is 13.8 Å². The van der Waals surface area contributed by atoms with E-state index in [9.17, 15) is 0 Å². The summed E-state index contributed by atoms with van der Waals surface area (Å²) >= 11 is 0. The fourth-order valence-electron chi connectivity index (χ4n) is 2.50. The summed E-state index contributed by atoms with van der Waals surface area (Å²) in [6, 6.07) is 2.62. The molecule has 4 heteroatoms. The zero-order chi connectivity index (χ0) is 13.7. The molecule has 0 saturated carbocycles. The third-order valence-electron chi connectivity index (χ3n) is 3.70. The molecule has 1 aromatic rings. The average Bonchev–Trinajstić information content (AvgIpc) is 2.45. The van der Waals surface area contributed by atoms with Gasteiger partial charge in [-0.05, 0) is 24.5 Å². The highest BCUT2D eigenvalue weighted by atomic mass is 16.5. The Morgan fingerprint density at radius 1 is 1.42 bits per heavy atom. The van der Waals surface area contributed by atoms with Crippen LogP contribution in [-0.2, 0) is 11.3 Å². The molecular formula is C15H25N3O. The summed E-state index contributed by atoms with van der Waals surface area (Å²) in [6.07, 6.45) is 6.49. The molecule has 1 aliphatic heterocycles. The summed E-state index contributed by atoms with van der Waals surface area (Å²) in [4.78, 5) is 6.72. The highest BCUT2D eigenvalue weighted by molar-refractivity contribution is 5.52. The van der Waals surface area contributed by atoms with Crippen molar-refractivity contribution in [1.29, 1.82) is 0 Å². The van der Waals surface area contributed by atoms with Crippen molar-refractivity contribution >= 4 is 5.69 Å². The summed E-state index contributed by atoms with van der Waals surface area (Å²) in [5.74, 6) is 0. The molecule has 106 valence electrons. The summed E-state index contributed by atoms with van der Waals surface area (Å²) in [7, 11) is 1.81. The molecule has 0 aromatic carbocycles. The number of aromatic nitrogens is 1. The number of pyridine rings is 1. The normalized spacial score (nSPS) is 17.2. The number of rotatable bonds is 5. The molecule has 0 spiro atoms. The van der Waals surface area contributed by atoms with Crippen LogP contribution in [0.2, 0.25) is 0 Å². The monoisotopic (exact) mass is 263 g/mol. The highest BCUT2D eigenvalue weighted by Crippen LogP contribution is 2.24. The number of ether oxygens (including phenoxy) is 1. The maximum absolute atomic E-state index is 5.43. The van der Waals surface area contributed by atoms with Crippen molar-refractivity contribution < 1.29 is 4.74 Å². The van der Waals surface area contributed by atoms with E-state index in [-0.39, 0.29) is 0 Å². The standard InChI is InChI=1S/C15H25N3O/c1-12(2)17-10-13-4-7-16-11-15(13)18-8-5-14(19-3)6-9-18/h4,7,11-12,14,17H,5-6,8-10H2,1-3H3. The first-order valence-corrected chi connectivity index (χ1v) is 7.14. The zero-order valence-electron chi connectivity index (χ0n) is 12.2. The van der Waals surface area contributed by atoms with E-state index in [2.05, 4.69) is 35.1 Å². The van der Waals surface area contributed by atoms with E-state index >= 15 is 0 Å². The Morgan fingerprint density at radius 3 is 2.79 bits per heavy atom. The minimum atomic E-state index is 0.421. The lowest BCUT2D eigenvalue weighted by Gasteiger charge is -2.34. The SMILES string of the molecule is COC1CCN(c2cnccc2CNC(C)C)CC1. The van der Waals surface area contributed by atoms with E-state index in [1.54, 1.807) is 0 Å². The van der Waals surface area contributed by atoms with Gasteiger partial charge in [0.25, 0.3) is 0 Å². The van der Waals surface area contributed by atoms with Crippen LogP contribution in [0.4, 0.5) is 5.69 Å². The molecule has 1 fully saturated rings. The molecule has 0 unspecified atom stereocenters. The molecule has 0 radical (unpaired) electrons. The molecule has 0 amide bonds. The van der Waals surface area contributed by atoms with Crippen LogP contribution in [0.1, 0.15) is 32.3 Å². The molecule has 19 heavy (non-hydrogen) atoms. The van der Waals surface area contributed by atoms with Crippen LogP contribution in [0.5, 0.6) is 0 Å². The van der Waals surface area contributed by atoms with Gasteiger partial charge in [0.05, 0.1) is 18.0 Å². The molecule has 2 rings (SSSR count). The first-order valence-electron chi connectivity index (χ1n) is 7.14. The van der Waals surface area contributed by atoms with E-state index in [1.165, 1.54) is 11.3 Å². The van der Waals surface area contributed by atoms with Crippen molar-refractivity contribution in [3.8, 4) is 0 Å². The molecule has 0 bridgehead atoms. The van der Waals surface area contributed by atoms with Crippen LogP contribution in [0, 0.1) is 0 Å². The lowest BCUT2D eigenvalue weighted by molar-refractivity contribution is 0.0819. The molecule has 2 heterocycles. The van der Waals surface area contributed by atoms with Crippen LogP contribution < -0.4 is 10.2 Å². The van der Waals surface area contributed by atoms with Crippen molar-refractivity contribution in [2.24, 2.45) is 0 Å². The minimum Gasteiger partial charge on any atom is -0.381 e. The smallest absolute Gasteiger partial charge is 0.0605 e. The topological polar surface area (TPSA) is 37.4 Å². The second-order valence-corrected chi connectivity index (χ2v) is 5.46. The zero-order valence-corrected chi connectivity index (χ0v) is 12.2. The van der Waals surface area contributed by atoms with E-state index in [1.807, 2.05) is 19.5 Å². The van der Waals surface area contributed by atoms with Crippen molar-refractivity contribution in [1.82, 2.24) is 10.3 Å². The highest BCUT2D eigenvalue weighted by Gasteiger charge is 2.20. The number of methoxy groups -OCH3 is 1. The Labute approximate surface area is 116 Å². The Kier molecular flexibility index (Phi) is 5.16. The van der Waals surface area contributed by atoms with E-state index in [0.29, 0.717) is 12.1 Å². The number of nitrogens with one attached hydrogen (secondary N) is 1. The second kappa shape index (κ2) is 6.87. The quantitative estimate of drug-likeness (QED) is 0.883. The molecular weight excluding hydrogens is 238 g/mol. The van der Waals surface area contributed by atoms with Crippen LogP contribution in [0.25, 0.3) is 0 Å². The van der Waals surface area contributed by atoms with Crippen molar-refractivity contribution in [3.63, 3.8) is 0 Å². The summed E-state index contributed by atoms with van der Waals surface area (Å²) in [5, 5.41) is 3.48. The Hall–Kier alpha value is -1.13. The van der Waals surface area contributed by atoms with E-state index < -0.39 is 0 Å². The maximum Gasteiger partial charge on any atom is 0.0605 e. The van der Waals surface area contributed by atoms with Gasteiger partial charge < -0.3 is 15.0 Å². The summed E-state index contributed by atoms with van der Waals surface area (Å²) < 4.78 is 5.43. The lowest BCUT2D eigenvalue weighted by atomic mass is 10.1. The van der Waals surface area contributed by atoms with Crippen molar-refractivity contribution in [3.05, 3.63) is 24.0 Å². The Bertz CT molecular complexity index is 387. The van der Waals surface area contributed by atoms with Crippen LogP contribution in [0.15, 0.2) is 18.5 Å². The van der Waals surface area contributed by atoms with Crippen LogP contribution in [-0.4, -0.2) is 37.3 Å². The maximum atomic E-state index is 5.43. The average molecular weight is 263 g/mol. The third kappa shape index (κ3) is 3.91. The number of hydrogen-bond acceptors (Lipinski definition) is 4. The van der Waals surface area contributed by atoms with Gasteiger partial charge in [0.1, 0.15) is 0 Å². The summed E-state index contributed by atoms with van der Waals surface area (Å²) in [5.41, 5.74) is 2.60. The predicted molar refractivity (Wildman–Crippen MR) is 78.5 cm³/mol. The fourth-order valence-corrected chi connectivity index (χ4v) is 2.50. The molecule has 4 nitrogen and oxygen atoms in total. The fraction of sp³-hybridized carbons (Fsp3) is 0.667. The summed E-state index contributed by atoms with van der Waals surface area (Å²) in [6.45, 7) is 7.35. The molecule has 0 aliphatic carbocycles. The lowest BCUT2D eigenvalue weighted by Crippen LogP contribution is -2.37. The number of anilines is 1. The van der Waals surface area contributed by atoms with Gasteiger partial charge in [0.2, 0.25) is 0 Å². The number of hydrogen-bond donors (Lipinski definition) is 1. The first-order chi connectivity index (χ1) is 9.20. The van der Waals surface area contributed by atoms with Gasteiger partial charge in [-0.2, -0.15) is 0 Å². The minimum absolute atomic E-state index is 0.421. The van der Waals surface area contributed by atoms with Gasteiger partial charge in [0, 0.05) is 39.0 Å². The Balaban J connectivity index is 2.03. The molecule has 1 N–H and O–H groups in total. The van der Waals surface area contributed by atoms with Gasteiger partial charge in [-0.15, -0.1) is 0 Å². The number of piperidine rings is 1. The van der Waals surface area contributed by atoms with Crippen molar-refractivity contribution in [2.45, 2.75) is 45.4 Å². The van der Waals surface area contributed by atoms with Gasteiger partial charge in [-0.3, -0.25) is 4.98 Å². The van der Waals surface area contributed by atoms with Crippen molar-refractivity contribution in [2.75, 3.05) is 25.1 Å². The predicted octanol–water partition coefficient (Wildman–Crippen LogP) is 2.19. The molecule has 1 saturated heterocycles. The number of nitrogens with zero attached hydrogens (tertiary/aromatic N) is 2. The Morgan fingerprint density at radius 2 is 2.16 bits per heavy atom. The van der Waals surface area contributed by atoms with Crippen LogP contribution in [0.3, 0.4) is 0 Å². The molecule has 1 aliphatic rings. The second-order valence-electron chi connectivity index (χ2n) is 5.46.